The summed E-state index contributed by atoms with van der Waals surface area (Å²) in [6.07, 6.45) is 1.77. The Kier molecular flexibility index (Phi) is 6.11. The fourth-order valence-electron chi connectivity index (χ4n) is 3.14. The van der Waals surface area contributed by atoms with Crippen molar-refractivity contribution in [3.05, 3.63) is 40.7 Å². The van der Waals surface area contributed by atoms with Gasteiger partial charge < -0.3 is 20.1 Å². The van der Waals surface area contributed by atoms with Gasteiger partial charge in [0.2, 0.25) is 0 Å². The zero-order valence-corrected chi connectivity index (χ0v) is 16.5. The highest BCUT2D eigenvalue weighted by molar-refractivity contribution is 6.32. The van der Waals surface area contributed by atoms with E-state index in [2.05, 4.69) is 29.6 Å². The SMILES string of the molecule is CC(C)C(CNC(=O)NCc1cc(Cl)c2c(c1)OCCO2)c1ccnn1C. The predicted molar refractivity (Wildman–Crippen MR) is 103 cm³/mol. The maximum Gasteiger partial charge on any atom is 0.315 e. The predicted octanol–water partition coefficient (Wildman–Crippen LogP) is 3.08. The van der Waals surface area contributed by atoms with Crippen LogP contribution in [0.1, 0.15) is 31.0 Å². The lowest BCUT2D eigenvalue weighted by atomic mass is 9.92. The van der Waals surface area contributed by atoms with Crippen LogP contribution in [0.3, 0.4) is 0 Å². The first kappa shape index (κ1) is 19.4. The van der Waals surface area contributed by atoms with Crippen LogP contribution in [0.15, 0.2) is 24.4 Å². The Morgan fingerprint density at radius 3 is 2.78 bits per heavy atom. The molecule has 1 aliphatic heterocycles. The molecule has 3 rings (SSSR count). The number of hydrogen-bond acceptors (Lipinski definition) is 4. The zero-order valence-electron chi connectivity index (χ0n) is 15.8. The molecule has 2 aromatic rings. The standard InChI is InChI=1S/C19H25ClN4O3/c1-12(2)14(16-4-5-23-24(16)3)11-22-19(25)21-10-13-8-15(20)18-17(9-13)26-6-7-27-18/h4-5,8-9,12,14H,6-7,10-11H2,1-3H3,(H2,21,22,25). The maximum absolute atomic E-state index is 12.2. The van der Waals surface area contributed by atoms with E-state index < -0.39 is 0 Å². The van der Waals surface area contributed by atoms with Gasteiger partial charge in [-0.15, -0.1) is 0 Å². The Labute approximate surface area is 164 Å². The van der Waals surface area contributed by atoms with E-state index in [1.807, 2.05) is 23.9 Å². The summed E-state index contributed by atoms with van der Waals surface area (Å²) in [7, 11) is 1.91. The zero-order chi connectivity index (χ0) is 19.4. The van der Waals surface area contributed by atoms with Crippen molar-refractivity contribution in [1.29, 1.82) is 0 Å². The minimum absolute atomic E-state index is 0.187. The Morgan fingerprint density at radius 1 is 1.30 bits per heavy atom. The lowest BCUT2D eigenvalue weighted by Crippen LogP contribution is -2.38. The first-order valence-corrected chi connectivity index (χ1v) is 9.41. The molecule has 8 heteroatoms. The molecule has 7 nitrogen and oxygen atoms in total. The molecular formula is C19H25ClN4O3. The van der Waals surface area contributed by atoms with Crippen molar-refractivity contribution < 1.29 is 14.3 Å². The second kappa shape index (κ2) is 8.52. The molecule has 0 saturated heterocycles. The number of aromatic nitrogens is 2. The number of rotatable bonds is 6. The summed E-state index contributed by atoms with van der Waals surface area (Å²) < 4.78 is 12.9. The number of amides is 2. The molecule has 0 radical (unpaired) electrons. The maximum atomic E-state index is 12.2. The molecule has 0 bridgehead atoms. The third-order valence-corrected chi connectivity index (χ3v) is 4.92. The average molecular weight is 393 g/mol. The van der Waals surface area contributed by atoms with Crippen molar-refractivity contribution in [2.75, 3.05) is 19.8 Å². The van der Waals surface area contributed by atoms with Crippen LogP contribution in [-0.4, -0.2) is 35.6 Å². The van der Waals surface area contributed by atoms with Gasteiger partial charge in [0, 0.05) is 37.9 Å². The van der Waals surface area contributed by atoms with Crippen molar-refractivity contribution in [2.24, 2.45) is 13.0 Å². The highest BCUT2D eigenvalue weighted by atomic mass is 35.5. The number of nitrogens with zero attached hydrogens (tertiary/aromatic N) is 2. The van der Waals surface area contributed by atoms with E-state index in [4.69, 9.17) is 21.1 Å². The molecule has 146 valence electrons. The lowest BCUT2D eigenvalue weighted by Gasteiger charge is -2.22. The van der Waals surface area contributed by atoms with E-state index in [1.54, 1.807) is 12.3 Å². The molecule has 0 aliphatic carbocycles. The van der Waals surface area contributed by atoms with Gasteiger partial charge in [-0.2, -0.15) is 5.10 Å². The van der Waals surface area contributed by atoms with Gasteiger partial charge in [-0.05, 0) is 29.7 Å². The molecule has 0 saturated carbocycles. The highest BCUT2D eigenvalue weighted by Crippen LogP contribution is 2.38. The molecule has 0 fully saturated rings. The molecule has 1 aromatic carbocycles. The van der Waals surface area contributed by atoms with E-state index in [0.717, 1.165) is 11.3 Å². The van der Waals surface area contributed by atoms with Gasteiger partial charge in [-0.25, -0.2) is 4.79 Å². The molecule has 1 unspecified atom stereocenters. The van der Waals surface area contributed by atoms with E-state index in [0.29, 0.717) is 48.7 Å². The Hall–Kier alpha value is -2.41. The quantitative estimate of drug-likeness (QED) is 0.791. The Balaban J connectivity index is 1.55. The number of benzene rings is 1. The third kappa shape index (κ3) is 4.66. The number of nitrogens with one attached hydrogen (secondary N) is 2. The van der Waals surface area contributed by atoms with Crippen LogP contribution in [0.4, 0.5) is 4.79 Å². The number of carbonyl (C=O) groups excluding carboxylic acids is 1. The van der Waals surface area contributed by atoms with E-state index in [1.165, 1.54) is 0 Å². The first-order chi connectivity index (χ1) is 13.0. The van der Waals surface area contributed by atoms with E-state index in [-0.39, 0.29) is 11.9 Å². The summed E-state index contributed by atoms with van der Waals surface area (Å²) in [6, 6.07) is 5.38. The van der Waals surface area contributed by atoms with Crippen LogP contribution in [0, 0.1) is 5.92 Å². The van der Waals surface area contributed by atoms with Crippen LogP contribution in [-0.2, 0) is 13.6 Å². The summed E-state index contributed by atoms with van der Waals surface area (Å²) in [5, 5.41) is 10.5. The van der Waals surface area contributed by atoms with Crippen molar-refractivity contribution >= 4 is 17.6 Å². The monoisotopic (exact) mass is 392 g/mol. The summed E-state index contributed by atoms with van der Waals surface area (Å²) >= 11 is 6.23. The topological polar surface area (TPSA) is 77.4 Å². The van der Waals surface area contributed by atoms with Crippen LogP contribution in [0.2, 0.25) is 5.02 Å². The number of hydrogen-bond donors (Lipinski definition) is 2. The normalized spacial score (nSPS) is 14.1. The molecule has 27 heavy (non-hydrogen) atoms. The third-order valence-electron chi connectivity index (χ3n) is 4.64. The smallest absolute Gasteiger partial charge is 0.315 e. The first-order valence-electron chi connectivity index (χ1n) is 9.03. The molecule has 2 amide bonds. The summed E-state index contributed by atoms with van der Waals surface area (Å²) in [6.45, 7) is 6.12. The molecule has 2 heterocycles. The fourth-order valence-corrected chi connectivity index (χ4v) is 3.43. The van der Waals surface area contributed by atoms with Gasteiger partial charge in [-0.3, -0.25) is 4.68 Å². The minimum atomic E-state index is -0.228. The highest BCUT2D eigenvalue weighted by Gasteiger charge is 2.20. The van der Waals surface area contributed by atoms with E-state index >= 15 is 0 Å². The van der Waals surface area contributed by atoms with Gasteiger partial charge in [0.1, 0.15) is 13.2 Å². The molecule has 1 aromatic heterocycles. The van der Waals surface area contributed by atoms with Gasteiger partial charge in [-0.1, -0.05) is 25.4 Å². The van der Waals surface area contributed by atoms with Crippen molar-refractivity contribution in [2.45, 2.75) is 26.3 Å². The van der Waals surface area contributed by atoms with E-state index in [9.17, 15) is 4.79 Å². The van der Waals surface area contributed by atoms with Gasteiger partial charge >= 0.3 is 6.03 Å². The number of carbonyl (C=O) groups is 1. The lowest BCUT2D eigenvalue weighted by molar-refractivity contribution is 0.171. The van der Waals surface area contributed by atoms with Crippen LogP contribution in [0.25, 0.3) is 0 Å². The average Bonchev–Trinajstić information content (AvgIpc) is 3.06. The second-order valence-electron chi connectivity index (χ2n) is 6.90. The number of aryl methyl sites for hydroxylation is 1. The summed E-state index contributed by atoms with van der Waals surface area (Å²) in [5.74, 6) is 1.73. The van der Waals surface area contributed by atoms with Gasteiger partial charge in [0.25, 0.3) is 0 Å². The number of fused-ring (bicyclic) bond motifs is 1. The number of urea groups is 1. The summed E-state index contributed by atoms with van der Waals surface area (Å²) in [4.78, 5) is 12.2. The van der Waals surface area contributed by atoms with Crippen molar-refractivity contribution in [3.8, 4) is 11.5 Å². The molecule has 0 spiro atoms. The van der Waals surface area contributed by atoms with Crippen molar-refractivity contribution in [3.63, 3.8) is 0 Å². The molecule has 1 aliphatic rings. The Morgan fingerprint density at radius 2 is 2.07 bits per heavy atom. The summed E-state index contributed by atoms with van der Waals surface area (Å²) in [5.41, 5.74) is 1.95. The Bertz CT molecular complexity index is 806. The minimum Gasteiger partial charge on any atom is -0.486 e. The van der Waals surface area contributed by atoms with Crippen LogP contribution in [0.5, 0.6) is 11.5 Å². The van der Waals surface area contributed by atoms with Crippen LogP contribution < -0.4 is 20.1 Å². The number of ether oxygens (including phenoxy) is 2. The molecule has 1 atom stereocenters. The largest absolute Gasteiger partial charge is 0.486 e. The van der Waals surface area contributed by atoms with Crippen LogP contribution >= 0.6 is 11.6 Å². The fraction of sp³-hybridized carbons (Fsp3) is 0.474. The van der Waals surface area contributed by atoms with Gasteiger partial charge in [0.15, 0.2) is 11.5 Å². The number of halogens is 1. The molecular weight excluding hydrogens is 368 g/mol. The molecule has 2 N–H and O–H groups in total. The van der Waals surface area contributed by atoms with Gasteiger partial charge in [0.05, 0.1) is 5.02 Å². The van der Waals surface area contributed by atoms with Crippen molar-refractivity contribution in [1.82, 2.24) is 20.4 Å². The second-order valence-corrected chi connectivity index (χ2v) is 7.30.